The number of likely N-dealkylation sites (tertiary alicyclic amines) is 1. The number of rotatable bonds is 3. The first kappa shape index (κ1) is 18.3. The van der Waals surface area contributed by atoms with Gasteiger partial charge in [-0.05, 0) is 32.1 Å². The van der Waals surface area contributed by atoms with E-state index in [0.717, 1.165) is 18.4 Å². The first-order chi connectivity index (χ1) is 10.2. The number of ether oxygens (including phenoxy) is 1. The van der Waals surface area contributed by atoms with Crippen LogP contribution in [0.3, 0.4) is 0 Å². The Balaban J connectivity index is 2.35. The Morgan fingerprint density at radius 2 is 1.86 bits per heavy atom. The van der Waals surface area contributed by atoms with E-state index < -0.39 is 0 Å². The summed E-state index contributed by atoms with van der Waals surface area (Å²) in [5.74, 6) is 0. The Bertz CT molecular complexity index is 419. The van der Waals surface area contributed by atoms with Crippen molar-refractivity contribution in [3.8, 4) is 0 Å². The lowest BCUT2D eigenvalue weighted by molar-refractivity contribution is 0.0958. The maximum Gasteiger partial charge on any atom is 0.409 e. The Morgan fingerprint density at radius 1 is 1.27 bits per heavy atom. The van der Waals surface area contributed by atoms with Gasteiger partial charge in [0.25, 0.3) is 0 Å². The van der Waals surface area contributed by atoms with Crippen molar-refractivity contribution in [3.63, 3.8) is 0 Å². The van der Waals surface area contributed by atoms with Crippen LogP contribution in [0.15, 0.2) is 11.8 Å². The highest BCUT2D eigenvalue weighted by Gasteiger charge is 2.24. The van der Waals surface area contributed by atoms with E-state index >= 15 is 0 Å². The van der Waals surface area contributed by atoms with E-state index in [9.17, 15) is 9.59 Å². The second kappa shape index (κ2) is 8.06. The van der Waals surface area contributed by atoms with Crippen LogP contribution in [0.4, 0.5) is 9.59 Å². The fourth-order valence-corrected chi connectivity index (χ4v) is 2.04. The van der Waals surface area contributed by atoms with E-state index in [4.69, 9.17) is 4.74 Å². The van der Waals surface area contributed by atoms with Gasteiger partial charge < -0.3 is 20.3 Å². The van der Waals surface area contributed by atoms with Crippen molar-refractivity contribution >= 4 is 12.1 Å². The molecule has 1 aliphatic heterocycles. The van der Waals surface area contributed by atoms with Crippen molar-refractivity contribution in [2.45, 2.75) is 53.5 Å². The lowest BCUT2D eigenvalue weighted by atomic mass is 9.88. The molecule has 3 amide bonds. The molecule has 2 N–H and O–H groups in total. The summed E-state index contributed by atoms with van der Waals surface area (Å²) in [5.41, 5.74) is 1.15. The van der Waals surface area contributed by atoms with Gasteiger partial charge in [0, 0.05) is 25.3 Å². The molecule has 1 aliphatic rings. The molecule has 0 radical (unpaired) electrons. The van der Waals surface area contributed by atoms with E-state index in [1.54, 1.807) is 18.0 Å². The number of nitrogens with zero attached hydrogens (tertiary/aromatic N) is 1. The summed E-state index contributed by atoms with van der Waals surface area (Å²) < 4.78 is 4.97. The first-order valence-corrected chi connectivity index (χ1v) is 7.90. The SMILES string of the molecule is CCOC(=O)N1CCC(NC(=O)N/C=C(\C)C(C)(C)C)CC1. The zero-order valence-electron chi connectivity index (χ0n) is 14.4. The van der Waals surface area contributed by atoms with Gasteiger partial charge in [-0.3, -0.25) is 0 Å². The molecule has 0 aromatic rings. The molecule has 0 aromatic carbocycles. The highest BCUT2D eigenvalue weighted by molar-refractivity contribution is 5.75. The number of hydrogen-bond acceptors (Lipinski definition) is 3. The van der Waals surface area contributed by atoms with E-state index in [1.807, 2.05) is 6.92 Å². The highest BCUT2D eigenvalue weighted by atomic mass is 16.6. The van der Waals surface area contributed by atoms with Gasteiger partial charge >= 0.3 is 12.1 Å². The number of amides is 3. The van der Waals surface area contributed by atoms with Crippen molar-refractivity contribution in [2.75, 3.05) is 19.7 Å². The minimum Gasteiger partial charge on any atom is -0.450 e. The lowest BCUT2D eigenvalue weighted by Crippen LogP contribution is -2.48. The summed E-state index contributed by atoms with van der Waals surface area (Å²) in [5, 5.41) is 5.72. The molecule has 0 unspecified atom stereocenters. The molecule has 0 aliphatic carbocycles. The average molecular weight is 311 g/mol. The van der Waals surface area contributed by atoms with Crippen LogP contribution in [0.5, 0.6) is 0 Å². The van der Waals surface area contributed by atoms with Crippen LogP contribution in [0, 0.1) is 5.41 Å². The maximum absolute atomic E-state index is 11.9. The number of carbonyl (C=O) groups excluding carboxylic acids is 2. The van der Waals surface area contributed by atoms with Crippen LogP contribution < -0.4 is 10.6 Å². The van der Waals surface area contributed by atoms with Crippen LogP contribution in [0.1, 0.15) is 47.5 Å². The quantitative estimate of drug-likeness (QED) is 0.842. The molecule has 1 saturated heterocycles. The number of hydrogen-bond donors (Lipinski definition) is 2. The van der Waals surface area contributed by atoms with E-state index in [-0.39, 0.29) is 23.6 Å². The molecule has 22 heavy (non-hydrogen) atoms. The molecule has 0 saturated carbocycles. The summed E-state index contributed by atoms with van der Waals surface area (Å²) in [6, 6.07) is -0.104. The molecule has 0 bridgehead atoms. The topological polar surface area (TPSA) is 70.7 Å². The third kappa shape index (κ3) is 5.95. The van der Waals surface area contributed by atoms with Gasteiger partial charge in [0.2, 0.25) is 0 Å². The summed E-state index contributed by atoms with van der Waals surface area (Å²) >= 11 is 0. The molecule has 1 rings (SSSR count). The molecule has 1 heterocycles. The minimum absolute atomic E-state index is 0.0399. The molecule has 0 spiro atoms. The van der Waals surface area contributed by atoms with Crippen molar-refractivity contribution in [3.05, 3.63) is 11.8 Å². The number of nitrogens with one attached hydrogen (secondary N) is 2. The molecule has 6 heteroatoms. The highest BCUT2D eigenvalue weighted by Crippen LogP contribution is 2.23. The fourth-order valence-electron chi connectivity index (χ4n) is 2.04. The predicted octanol–water partition coefficient (Wildman–Crippen LogP) is 2.86. The number of allylic oxidation sites excluding steroid dienone is 1. The summed E-state index contributed by atoms with van der Waals surface area (Å²) in [6.45, 7) is 11.7. The van der Waals surface area contributed by atoms with Gasteiger partial charge in [0.1, 0.15) is 0 Å². The van der Waals surface area contributed by atoms with Crippen LogP contribution >= 0.6 is 0 Å². The van der Waals surface area contributed by atoms with Crippen molar-refractivity contribution in [2.24, 2.45) is 5.41 Å². The summed E-state index contributed by atoms with van der Waals surface area (Å²) in [4.78, 5) is 25.2. The Morgan fingerprint density at radius 3 is 2.36 bits per heavy atom. The van der Waals surface area contributed by atoms with Gasteiger partial charge in [-0.1, -0.05) is 26.3 Å². The van der Waals surface area contributed by atoms with Gasteiger partial charge in [-0.25, -0.2) is 9.59 Å². The molecule has 126 valence electrons. The normalized spacial score (nSPS) is 17.1. The van der Waals surface area contributed by atoms with E-state index in [1.165, 1.54) is 0 Å². The molecule has 6 nitrogen and oxygen atoms in total. The second-order valence-electron chi connectivity index (χ2n) is 6.66. The second-order valence-corrected chi connectivity index (χ2v) is 6.66. The average Bonchev–Trinajstić information content (AvgIpc) is 2.44. The van der Waals surface area contributed by atoms with Crippen molar-refractivity contribution in [1.29, 1.82) is 0 Å². The zero-order valence-corrected chi connectivity index (χ0v) is 14.4. The smallest absolute Gasteiger partial charge is 0.409 e. The molecule has 0 aromatic heterocycles. The standard InChI is InChI=1S/C16H29N3O3/c1-6-22-15(21)19-9-7-13(8-10-19)18-14(20)17-11-12(2)16(3,4)5/h11,13H,6-10H2,1-5H3,(H2,17,18,20)/b12-11+. The van der Waals surface area contributed by atoms with Gasteiger partial charge in [-0.2, -0.15) is 0 Å². The molecule has 0 atom stereocenters. The minimum atomic E-state index is -0.269. The van der Waals surface area contributed by atoms with Crippen LogP contribution in [-0.4, -0.2) is 42.8 Å². The predicted molar refractivity (Wildman–Crippen MR) is 86.5 cm³/mol. The van der Waals surface area contributed by atoms with Crippen LogP contribution in [0.25, 0.3) is 0 Å². The summed E-state index contributed by atoms with van der Waals surface area (Å²) in [7, 11) is 0. The molecular weight excluding hydrogens is 282 g/mol. The Labute approximate surface area is 133 Å². The molecule has 1 fully saturated rings. The monoisotopic (exact) mass is 311 g/mol. The number of piperidine rings is 1. The Hall–Kier alpha value is -1.72. The van der Waals surface area contributed by atoms with Crippen molar-refractivity contribution < 1.29 is 14.3 Å². The number of urea groups is 1. The Kier molecular flexibility index (Phi) is 6.71. The fraction of sp³-hybridized carbons (Fsp3) is 0.750. The van der Waals surface area contributed by atoms with Crippen LogP contribution in [0.2, 0.25) is 0 Å². The van der Waals surface area contributed by atoms with Crippen LogP contribution in [-0.2, 0) is 4.74 Å². The lowest BCUT2D eigenvalue weighted by Gasteiger charge is -2.31. The first-order valence-electron chi connectivity index (χ1n) is 7.90. The van der Waals surface area contributed by atoms with Gasteiger partial charge in [0.15, 0.2) is 0 Å². The van der Waals surface area contributed by atoms with Gasteiger partial charge in [0.05, 0.1) is 6.61 Å². The maximum atomic E-state index is 11.9. The van der Waals surface area contributed by atoms with E-state index in [2.05, 4.69) is 31.4 Å². The van der Waals surface area contributed by atoms with Crippen molar-refractivity contribution in [1.82, 2.24) is 15.5 Å². The third-order valence-electron chi connectivity index (χ3n) is 3.96. The number of carbonyl (C=O) groups is 2. The molecular formula is C16H29N3O3. The summed E-state index contributed by atoms with van der Waals surface area (Å²) in [6.07, 6.45) is 2.97. The van der Waals surface area contributed by atoms with E-state index in [0.29, 0.717) is 19.7 Å². The van der Waals surface area contributed by atoms with Gasteiger partial charge in [-0.15, -0.1) is 0 Å². The third-order valence-corrected chi connectivity index (χ3v) is 3.96. The largest absolute Gasteiger partial charge is 0.450 e. The zero-order chi connectivity index (χ0) is 16.8.